The average molecular weight is 624 g/mol. The van der Waals surface area contributed by atoms with E-state index in [1.54, 1.807) is 49.4 Å². The number of aryl methyl sites for hydroxylation is 2. The lowest BCUT2D eigenvalue weighted by molar-refractivity contribution is -0.140. The molecule has 0 radical (unpaired) electrons. The molecule has 2 amide bonds. The fourth-order valence-electron chi connectivity index (χ4n) is 5.69. The van der Waals surface area contributed by atoms with Crippen LogP contribution in [-0.4, -0.2) is 43.8 Å². The van der Waals surface area contributed by atoms with Gasteiger partial charge in [0.1, 0.15) is 12.6 Å². The van der Waals surface area contributed by atoms with Crippen molar-refractivity contribution in [3.05, 3.63) is 94.0 Å². The molecule has 0 heterocycles. The quantitative estimate of drug-likeness (QED) is 0.257. The molecular formula is C34H42ClN3O4S. The Bertz CT molecular complexity index is 1540. The second-order valence-corrected chi connectivity index (χ2v) is 13.8. The molecule has 7 nitrogen and oxygen atoms in total. The summed E-state index contributed by atoms with van der Waals surface area (Å²) in [6.45, 7) is 7.15. The predicted octanol–water partition coefficient (Wildman–Crippen LogP) is 6.72. The molecule has 0 aliphatic heterocycles. The Balaban J connectivity index is 1.74. The molecule has 1 unspecified atom stereocenters. The van der Waals surface area contributed by atoms with Crippen LogP contribution in [0.25, 0.3) is 0 Å². The molecule has 230 valence electrons. The van der Waals surface area contributed by atoms with Crippen molar-refractivity contribution in [3.63, 3.8) is 0 Å². The number of nitrogens with zero attached hydrogens (tertiary/aromatic N) is 2. The van der Waals surface area contributed by atoms with Crippen molar-refractivity contribution in [2.24, 2.45) is 0 Å². The molecule has 1 fully saturated rings. The van der Waals surface area contributed by atoms with Gasteiger partial charge in [0.2, 0.25) is 11.8 Å². The number of rotatable bonds is 11. The van der Waals surface area contributed by atoms with Crippen molar-refractivity contribution < 1.29 is 18.0 Å². The van der Waals surface area contributed by atoms with E-state index in [9.17, 15) is 18.0 Å². The van der Waals surface area contributed by atoms with Crippen LogP contribution in [0.4, 0.5) is 5.69 Å². The van der Waals surface area contributed by atoms with Gasteiger partial charge in [0, 0.05) is 17.6 Å². The zero-order chi connectivity index (χ0) is 31.1. The Hall–Kier alpha value is -3.36. The van der Waals surface area contributed by atoms with Crippen LogP contribution in [-0.2, 0) is 26.2 Å². The predicted molar refractivity (Wildman–Crippen MR) is 173 cm³/mol. The van der Waals surface area contributed by atoms with E-state index in [2.05, 4.69) is 5.32 Å². The third-order valence-corrected chi connectivity index (χ3v) is 10.4. The summed E-state index contributed by atoms with van der Waals surface area (Å²) in [5, 5.41) is 3.58. The molecule has 3 aromatic rings. The normalized spacial score (nSPS) is 14.6. The SMILES string of the molecule is CCC(C(=O)NC1CCCCC1)N(Cc1cccc(C)c1)C(=O)CN(c1cccc(Cl)c1C)S(=O)(=O)c1ccc(C)cc1. The van der Waals surface area contributed by atoms with Crippen LogP contribution in [0.15, 0.2) is 71.6 Å². The number of hydrogen-bond acceptors (Lipinski definition) is 4. The van der Waals surface area contributed by atoms with E-state index < -0.39 is 28.5 Å². The van der Waals surface area contributed by atoms with Crippen molar-refractivity contribution in [2.45, 2.75) is 89.7 Å². The molecular weight excluding hydrogens is 582 g/mol. The highest BCUT2D eigenvalue weighted by atomic mass is 35.5. The van der Waals surface area contributed by atoms with Gasteiger partial charge in [-0.3, -0.25) is 13.9 Å². The van der Waals surface area contributed by atoms with Crippen LogP contribution in [0.5, 0.6) is 0 Å². The van der Waals surface area contributed by atoms with Gasteiger partial charge in [-0.25, -0.2) is 8.42 Å². The Morgan fingerprint density at radius 1 is 0.930 bits per heavy atom. The number of nitrogens with one attached hydrogen (secondary N) is 1. The number of hydrogen-bond donors (Lipinski definition) is 1. The zero-order valence-corrected chi connectivity index (χ0v) is 27.0. The van der Waals surface area contributed by atoms with Crippen LogP contribution >= 0.6 is 11.6 Å². The summed E-state index contributed by atoms with van der Waals surface area (Å²) in [4.78, 5) is 29.6. The summed E-state index contributed by atoms with van der Waals surface area (Å²) in [6, 6.07) is 18.6. The first-order valence-electron chi connectivity index (χ1n) is 15.0. The van der Waals surface area contributed by atoms with Crippen LogP contribution in [0.3, 0.4) is 0 Å². The Kier molecular flexibility index (Phi) is 10.9. The molecule has 0 aromatic heterocycles. The van der Waals surface area contributed by atoms with E-state index in [-0.39, 0.29) is 23.4 Å². The number of halogens is 1. The first-order chi connectivity index (χ1) is 20.5. The topological polar surface area (TPSA) is 86.8 Å². The van der Waals surface area contributed by atoms with E-state index in [0.29, 0.717) is 22.7 Å². The zero-order valence-electron chi connectivity index (χ0n) is 25.5. The number of amides is 2. The maximum Gasteiger partial charge on any atom is 0.264 e. The highest BCUT2D eigenvalue weighted by molar-refractivity contribution is 7.92. The summed E-state index contributed by atoms with van der Waals surface area (Å²) in [5.74, 6) is -0.676. The van der Waals surface area contributed by atoms with Gasteiger partial charge in [-0.05, 0) is 75.4 Å². The number of carbonyl (C=O) groups is 2. The molecule has 1 aliphatic carbocycles. The van der Waals surface area contributed by atoms with Crippen molar-refractivity contribution in [3.8, 4) is 0 Å². The first kappa shape index (κ1) is 32.6. The smallest absolute Gasteiger partial charge is 0.264 e. The lowest BCUT2D eigenvalue weighted by Crippen LogP contribution is -2.54. The molecule has 3 aromatic carbocycles. The second kappa shape index (κ2) is 14.4. The highest BCUT2D eigenvalue weighted by Crippen LogP contribution is 2.31. The van der Waals surface area contributed by atoms with E-state index in [0.717, 1.165) is 53.1 Å². The van der Waals surface area contributed by atoms with Crippen LogP contribution in [0.2, 0.25) is 5.02 Å². The van der Waals surface area contributed by atoms with Gasteiger partial charge in [0.25, 0.3) is 10.0 Å². The lowest BCUT2D eigenvalue weighted by Gasteiger charge is -2.35. The van der Waals surface area contributed by atoms with E-state index >= 15 is 0 Å². The van der Waals surface area contributed by atoms with Gasteiger partial charge in [0.05, 0.1) is 10.6 Å². The second-order valence-electron chi connectivity index (χ2n) is 11.5. The van der Waals surface area contributed by atoms with Crippen molar-refractivity contribution >= 4 is 39.1 Å². The fraction of sp³-hybridized carbons (Fsp3) is 0.412. The highest BCUT2D eigenvalue weighted by Gasteiger charge is 2.35. The monoisotopic (exact) mass is 623 g/mol. The number of carbonyl (C=O) groups excluding carboxylic acids is 2. The van der Waals surface area contributed by atoms with Crippen molar-refractivity contribution in [2.75, 3.05) is 10.8 Å². The number of benzene rings is 3. The minimum absolute atomic E-state index is 0.0672. The molecule has 0 spiro atoms. The van der Waals surface area contributed by atoms with Crippen LogP contribution in [0, 0.1) is 20.8 Å². The molecule has 1 aliphatic rings. The number of sulfonamides is 1. The molecule has 1 saturated carbocycles. The Morgan fingerprint density at radius 2 is 1.60 bits per heavy atom. The summed E-state index contributed by atoms with van der Waals surface area (Å²) < 4.78 is 29.4. The fourth-order valence-corrected chi connectivity index (χ4v) is 7.33. The van der Waals surface area contributed by atoms with Gasteiger partial charge in [-0.15, -0.1) is 0 Å². The summed E-state index contributed by atoms with van der Waals surface area (Å²) in [7, 11) is -4.17. The Labute approximate surface area is 261 Å². The third kappa shape index (κ3) is 7.98. The Morgan fingerprint density at radius 3 is 2.26 bits per heavy atom. The minimum Gasteiger partial charge on any atom is -0.352 e. The largest absolute Gasteiger partial charge is 0.352 e. The van der Waals surface area contributed by atoms with Gasteiger partial charge >= 0.3 is 0 Å². The molecule has 1 atom stereocenters. The summed E-state index contributed by atoms with van der Waals surface area (Å²) in [6.07, 6.45) is 5.53. The third-order valence-electron chi connectivity index (χ3n) is 8.17. The van der Waals surface area contributed by atoms with Gasteiger partial charge < -0.3 is 10.2 Å². The molecule has 0 saturated heterocycles. The molecule has 1 N–H and O–H groups in total. The molecule has 0 bridgehead atoms. The van der Waals surface area contributed by atoms with E-state index in [4.69, 9.17) is 11.6 Å². The maximum absolute atomic E-state index is 14.3. The van der Waals surface area contributed by atoms with Crippen LogP contribution < -0.4 is 9.62 Å². The first-order valence-corrected chi connectivity index (χ1v) is 16.8. The number of anilines is 1. The van der Waals surface area contributed by atoms with Crippen LogP contribution in [0.1, 0.15) is 67.7 Å². The maximum atomic E-state index is 14.3. The lowest BCUT2D eigenvalue weighted by atomic mass is 9.95. The van der Waals surface area contributed by atoms with Gasteiger partial charge in [0.15, 0.2) is 0 Å². The summed E-state index contributed by atoms with van der Waals surface area (Å²) in [5.41, 5.74) is 3.67. The van der Waals surface area contributed by atoms with E-state index in [1.807, 2.05) is 45.0 Å². The molecule has 9 heteroatoms. The van der Waals surface area contributed by atoms with Gasteiger partial charge in [-0.2, -0.15) is 0 Å². The van der Waals surface area contributed by atoms with Gasteiger partial charge in [-0.1, -0.05) is 91.4 Å². The molecule has 43 heavy (non-hydrogen) atoms. The average Bonchev–Trinajstić information content (AvgIpc) is 2.98. The van der Waals surface area contributed by atoms with Crippen molar-refractivity contribution in [1.82, 2.24) is 10.2 Å². The van der Waals surface area contributed by atoms with E-state index in [1.165, 1.54) is 4.90 Å². The molecule has 4 rings (SSSR count). The summed E-state index contributed by atoms with van der Waals surface area (Å²) >= 11 is 6.43. The standard InChI is InChI=1S/C34H42ClN3O4S/c1-5-31(34(40)36-28-13-7-6-8-14-28)37(22-27-12-9-11-25(3)21-27)33(39)23-38(32-16-10-15-30(35)26(32)4)43(41,42)29-19-17-24(2)18-20-29/h9-12,15-21,28,31H,5-8,13-14,22-23H2,1-4H3,(H,36,40). The minimum atomic E-state index is -4.17. The van der Waals surface area contributed by atoms with Crippen molar-refractivity contribution in [1.29, 1.82) is 0 Å².